The van der Waals surface area contributed by atoms with Crippen molar-refractivity contribution in [2.45, 2.75) is 57.7 Å². The second kappa shape index (κ2) is 7.18. The molecule has 0 N–H and O–H groups in total. The Morgan fingerprint density at radius 2 is 1.91 bits per heavy atom. The van der Waals surface area contributed by atoms with Gasteiger partial charge < -0.3 is 14.5 Å². The van der Waals surface area contributed by atoms with Crippen LogP contribution in [-0.4, -0.2) is 84.0 Å². The molecular weight excluding hydrogens is 294 g/mol. The predicted octanol–water partition coefficient (Wildman–Crippen LogP) is 0.709. The molecule has 1 unspecified atom stereocenters. The molecule has 3 aliphatic rings. The van der Waals surface area contributed by atoms with Crippen LogP contribution in [0.3, 0.4) is 0 Å². The van der Waals surface area contributed by atoms with Gasteiger partial charge in [0, 0.05) is 51.2 Å². The lowest BCUT2D eigenvalue weighted by molar-refractivity contribution is -0.152. The van der Waals surface area contributed by atoms with E-state index < -0.39 is 0 Å². The molecule has 6 heteroatoms. The molecule has 0 aromatic heterocycles. The van der Waals surface area contributed by atoms with Crippen molar-refractivity contribution in [2.24, 2.45) is 0 Å². The largest absolute Gasteiger partial charge is 0.366 e. The molecule has 6 nitrogen and oxygen atoms in total. The molecule has 3 fully saturated rings. The first-order chi connectivity index (χ1) is 11.1. The monoisotopic (exact) mass is 323 g/mol. The third-order valence-corrected chi connectivity index (χ3v) is 5.43. The minimum atomic E-state index is -0.323. The Bertz CT molecular complexity index is 446. The van der Waals surface area contributed by atoms with E-state index in [-0.39, 0.29) is 17.9 Å². The number of carbonyl (C=O) groups excluding carboxylic acids is 2. The standard InChI is InChI=1S/C17H29N3O3/c1-13(2)19-10-11-23-15(12-19)17(22)18-8-5-14(6-9-18)20-7-3-4-16(20)21/h13-15H,3-12H2,1-2H3. The number of hydrogen-bond acceptors (Lipinski definition) is 4. The fourth-order valence-electron chi connectivity index (χ4n) is 3.94. The van der Waals surface area contributed by atoms with Crippen LogP contribution in [0.5, 0.6) is 0 Å². The molecule has 3 aliphatic heterocycles. The van der Waals surface area contributed by atoms with Crippen LogP contribution in [0.2, 0.25) is 0 Å². The lowest BCUT2D eigenvalue weighted by Gasteiger charge is -2.40. The number of piperidine rings is 1. The highest BCUT2D eigenvalue weighted by molar-refractivity contribution is 5.81. The van der Waals surface area contributed by atoms with Crippen LogP contribution in [0.15, 0.2) is 0 Å². The topological polar surface area (TPSA) is 53.1 Å². The van der Waals surface area contributed by atoms with E-state index in [9.17, 15) is 9.59 Å². The molecule has 0 aromatic carbocycles. The van der Waals surface area contributed by atoms with Crippen molar-refractivity contribution in [3.05, 3.63) is 0 Å². The lowest BCUT2D eigenvalue weighted by Crippen LogP contribution is -2.55. The van der Waals surface area contributed by atoms with E-state index >= 15 is 0 Å². The Hall–Kier alpha value is -1.14. The number of amides is 2. The SMILES string of the molecule is CC(C)N1CCOC(C(=O)N2CCC(N3CCCC3=O)CC2)C1. The van der Waals surface area contributed by atoms with Crippen molar-refractivity contribution in [1.82, 2.24) is 14.7 Å². The van der Waals surface area contributed by atoms with E-state index in [2.05, 4.69) is 18.7 Å². The van der Waals surface area contributed by atoms with Crippen molar-refractivity contribution < 1.29 is 14.3 Å². The zero-order chi connectivity index (χ0) is 16.4. The molecule has 0 saturated carbocycles. The van der Waals surface area contributed by atoms with E-state index in [1.54, 1.807) is 0 Å². The average molecular weight is 323 g/mol. The molecule has 3 saturated heterocycles. The summed E-state index contributed by atoms with van der Waals surface area (Å²) in [7, 11) is 0. The molecule has 3 rings (SSSR count). The number of carbonyl (C=O) groups is 2. The fourth-order valence-corrected chi connectivity index (χ4v) is 3.94. The van der Waals surface area contributed by atoms with Crippen LogP contribution in [-0.2, 0) is 14.3 Å². The maximum atomic E-state index is 12.7. The molecule has 3 heterocycles. The quantitative estimate of drug-likeness (QED) is 0.767. The lowest BCUT2D eigenvalue weighted by atomic mass is 10.0. The molecule has 0 radical (unpaired) electrons. The molecule has 1 atom stereocenters. The van der Waals surface area contributed by atoms with Crippen molar-refractivity contribution in [3.63, 3.8) is 0 Å². The summed E-state index contributed by atoms with van der Waals surface area (Å²) >= 11 is 0. The highest BCUT2D eigenvalue weighted by Crippen LogP contribution is 2.23. The number of morpholine rings is 1. The van der Waals surface area contributed by atoms with Crippen LogP contribution >= 0.6 is 0 Å². The smallest absolute Gasteiger partial charge is 0.253 e. The summed E-state index contributed by atoms with van der Waals surface area (Å²) in [5, 5.41) is 0. The van der Waals surface area contributed by atoms with Crippen LogP contribution in [0, 0.1) is 0 Å². The first kappa shape index (κ1) is 16.7. The third-order valence-electron chi connectivity index (χ3n) is 5.43. The second-order valence-electron chi connectivity index (χ2n) is 7.20. The normalized spacial score (nSPS) is 28.0. The second-order valence-corrected chi connectivity index (χ2v) is 7.20. The van der Waals surface area contributed by atoms with Gasteiger partial charge in [-0.1, -0.05) is 0 Å². The number of ether oxygens (including phenoxy) is 1. The van der Waals surface area contributed by atoms with E-state index in [1.165, 1.54) is 0 Å². The molecule has 0 aliphatic carbocycles. The average Bonchev–Trinajstić information content (AvgIpc) is 3.00. The van der Waals surface area contributed by atoms with Crippen molar-refractivity contribution in [1.29, 1.82) is 0 Å². The van der Waals surface area contributed by atoms with E-state index in [1.807, 2.05) is 9.80 Å². The third kappa shape index (κ3) is 3.69. The van der Waals surface area contributed by atoms with Crippen LogP contribution in [0.1, 0.15) is 39.5 Å². The van der Waals surface area contributed by atoms with Crippen molar-refractivity contribution >= 4 is 11.8 Å². The molecule has 0 aromatic rings. The Morgan fingerprint density at radius 3 is 2.52 bits per heavy atom. The highest BCUT2D eigenvalue weighted by atomic mass is 16.5. The number of rotatable bonds is 3. The maximum absolute atomic E-state index is 12.7. The summed E-state index contributed by atoms with van der Waals surface area (Å²) in [5.41, 5.74) is 0. The molecule has 23 heavy (non-hydrogen) atoms. The first-order valence-electron chi connectivity index (χ1n) is 9.00. The van der Waals surface area contributed by atoms with Gasteiger partial charge in [0.25, 0.3) is 5.91 Å². The number of nitrogens with zero attached hydrogens (tertiary/aromatic N) is 3. The van der Waals surface area contributed by atoms with Crippen molar-refractivity contribution in [2.75, 3.05) is 39.3 Å². The molecular formula is C17H29N3O3. The van der Waals surface area contributed by atoms with E-state index in [0.29, 0.717) is 31.7 Å². The van der Waals surface area contributed by atoms with Gasteiger partial charge in [-0.05, 0) is 33.1 Å². The summed E-state index contributed by atoms with van der Waals surface area (Å²) in [6, 6.07) is 0.773. The van der Waals surface area contributed by atoms with Gasteiger partial charge in [-0.25, -0.2) is 0 Å². The number of likely N-dealkylation sites (tertiary alicyclic amines) is 2. The Kier molecular flexibility index (Phi) is 5.21. The van der Waals surface area contributed by atoms with Gasteiger partial charge in [-0.3, -0.25) is 14.5 Å². The number of hydrogen-bond donors (Lipinski definition) is 0. The zero-order valence-corrected chi connectivity index (χ0v) is 14.4. The van der Waals surface area contributed by atoms with Gasteiger partial charge in [0.2, 0.25) is 5.91 Å². The Labute approximate surface area is 138 Å². The van der Waals surface area contributed by atoms with Gasteiger partial charge >= 0.3 is 0 Å². The zero-order valence-electron chi connectivity index (χ0n) is 14.4. The van der Waals surface area contributed by atoms with Crippen LogP contribution in [0.25, 0.3) is 0 Å². The fraction of sp³-hybridized carbons (Fsp3) is 0.882. The first-order valence-corrected chi connectivity index (χ1v) is 9.00. The summed E-state index contributed by atoms with van der Waals surface area (Å²) in [5.74, 6) is 0.416. The summed E-state index contributed by atoms with van der Waals surface area (Å²) in [6.45, 7) is 8.93. The molecule has 130 valence electrons. The van der Waals surface area contributed by atoms with E-state index in [0.717, 1.165) is 45.4 Å². The summed E-state index contributed by atoms with van der Waals surface area (Å²) in [6.07, 6.45) is 3.16. The Balaban J connectivity index is 1.51. The van der Waals surface area contributed by atoms with Gasteiger partial charge in [0.1, 0.15) is 6.10 Å². The van der Waals surface area contributed by atoms with Crippen LogP contribution in [0.4, 0.5) is 0 Å². The summed E-state index contributed by atoms with van der Waals surface area (Å²) in [4.78, 5) is 30.8. The minimum Gasteiger partial charge on any atom is -0.366 e. The van der Waals surface area contributed by atoms with Gasteiger partial charge in [0.05, 0.1) is 6.61 Å². The van der Waals surface area contributed by atoms with Crippen molar-refractivity contribution in [3.8, 4) is 0 Å². The van der Waals surface area contributed by atoms with Gasteiger partial charge in [-0.2, -0.15) is 0 Å². The molecule has 0 bridgehead atoms. The van der Waals surface area contributed by atoms with Crippen LogP contribution < -0.4 is 0 Å². The molecule has 0 spiro atoms. The summed E-state index contributed by atoms with van der Waals surface area (Å²) < 4.78 is 5.72. The van der Waals surface area contributed by atoms with Gasteiger partial charge in [0.15, 0.2) is 0 Å². The minimum absolute atomic E-state index is 0.126. The Morgan fingerprint density at radius 1 is 1.17 bits per heavy atom. The predicted molar refractivity (Wildman–Crippen MR) is 87.0 cm³/mol. The maximum Gasteiger partial charge on any atom is 0.253 e. The van der Waals surface area contributed by atoms with Gasteiger partial charge in [-0.15, -0.1) is 0 Å². The van der Waals surface area contributed by atoms with E-state index in [4.69, 9.17) is 4.74 Å². The highest BCUT2D eigenvalue weighted by Gasteiger charge is 2.35. The molecule has 2 amide bonds.